The maximum atomic E-state index is 3.30. The first kappa shape index (κ1) is 10.6. The second kappa shape index (κ2) is 6.05. The lowest BCUT2D eigenvalue weighted by Crippen LogP contribution is -2.28. The van der Waals surface area contributed by atoms with Gasteiger partial charge in [0, 0.05) is 6.42 Å². The minimum atomic E-state index is 0.855. The van der Waals surface area contributed by atoms with Crippen LogP contribution in [0.2, 0.25) is 0 Å². The molecule has 0 aromatic carbocycles. The van der Waals surface area contributed by atoms with Crippen LogP contribution < -0.4 is 5.32 Å². The smallest absolute Gasteiger partial charge is 0.0120 e. The lowest BCUT2D eigenvalue weighted by molar-refractivity contribution is 0.238. The molecule has 1 rings (SSSR count). The summed E-state index contributed by atoms with van der Waals surface area (Å²) in [6, 6.07) is 0. The SMILES string of the molecule is CC#CCC1CCCCC1CNC. The molecule has 0 heterocycles. The van der Waals surface area contributed by atoms with Gasteiger partial charge in [-0.15, -0.1) is 11.8 Å². The predicted octanol–water partition coefficient (Wildman–Crippen LogP) is 2.43. The normalized spacial score (nSPS) is 27.8. The van der Waals surface area contributed by atoms with Gasteiger partial charge in [-0.1, -0.05) is 12.8 Å². The van der Waals surface area contributed by atoms with Crippen molar-refractivity contribution in [3.63, 3.8) is 0 Å². The zero-order valence-electron chi connectivity index (χ0n) is 8.90. The van der Waals surface area contributed by atoms with Crippen molar-refractivity contribution < 1.29 is 0 Å². The predicted molar refractivity (Wildman–Crippen MR) is 57.4 cm³/mol. The summed E-state index contributed by atoms with van der Waals surface area (Å²) < 4.78 is 0. The molecule has 2 unspecified atom stereocenters. The molecule has 1 nitrogen and oxygen atoms in total. The second-order valence-electron chi connectivity index (χ2n) is 3.99. The first-order valence-electron chi connectivity index (χ1n) is 5.42. The van der Waals surface area contributed by atoms with Crippen LogP contribution >= 0.6 is 0 Å². The number of hydrogen-bond donors (Lipinski definition) is 1. The fourth-order valence-electron chi connectivity index (χ4n) is 2.32. The van der Waals surface area contributed by atoms with Gasteiger partial charge in [0.2, 0.25) is 0 Å². The third-order valence-electron chi connectivity index (χ3n) is 3.07. The lowest BCUT2D eigenvalue weighted by atomic mass is 9.77. The van der Waals surface area contributed by atoms with Gasteiger partial charge >= 0.3 is 0 Å². The highest BCUT2D eigenvalue weighted by Gasteiger charge is 2.23. The van der Waals surface area contributed by atoms with Crippen molar-refractivity contribution in [1.29, 1.82) is 0 Å². The Morgan fingerprint density at radius 3 is 2.54 bits per heavy atom. The molecule has 1 saturated carbocycles. The highest BCUT2D eigenvalue weighted by molar-refractivity contribution is 4.98. The van der Waals surface area contributed by atoms with Gasteiger partial charge in [-0.25, -0.2) is 0 Å². The summed E-state index contributed by atoms with van der Waals surface area (Å²) in [7, 11) is 2.05. The van der Waals surface area contributed by atoms with Crippen LogP contribution in [0.15, 0.2) is 0 Å². The van der Waals surface area contributed by atoms with Crippen molar-refractivity contribution in [1.82, 2.24) is 5.32 Å². The number of rotatable bonds is 3. The van der Waals surface area contributed by atoms with Gasteiger partial charge in [-0.05, 0) is 45.2 Å². The van der Waals surface area contributed by atoms with Crippen LogP contribution in [0.3, 0.4) is 0 Å². The summed E-state index contributed by atoms with van der Waals surface area (Å²) in [6.07, 6.45) is 6.74. The molecule has 1 N–H and O–H groups in total. The summed E-state index contributed by atoms with van der Waals surface area (Å²) >= 11 is 0. The second-order valence-corrected chi connectivity index (χ2v) is 3.99. The van der Waals surface area contributed by atoms with Crippen LogP contribution in [-0.4, -0.2) is 13.6 Å². The molecule has 0 aliphatic heterocycles. The van der Waals surface area contributed by atoms with E-state index in [9.17, 15) is 0 Å². The minimum absolute atomic E-state index is 0.855. The van der Waals surface area contributed by atoms with E-state index in [1.165, 1.54) is 32.2 Å². The Morgan fingerprint density at radius 1 is 1.23 bits per heavy atom. The fraction of sp³-hybridized carbons (Fsp3) is 0.833. The average Bonchev–Trinajstić information content (AvgIpc) is 2.17. The molecule has 1 fully saturated rings. The van der Waals surface area contributed by atoms with E-state index in [1.807, 2.05) is 6.92 Å². The maximum Gasteiger partial charge on any atom is 0.0120 e. The number of nitrogens with one attached hydrogen (secondary N) is 1. The van der Waals surface area contributed by atoms with Gasteiger partial charge in [0.1, 0.15) is 0 Å². The van der Waals surface area contributed by atoms with Gasteiger partial charge in [0.05, 0.1) is 0 Å². The van der Waals surface area contributed by atoms with Crippen molar-refractivity contribution in [2.45, 2.75) is 39.0 Å². The first-order valence-corrected chi connectivity index (χ1v) is 5.42. The lowest BCUT2D eigenvalue weighted by Gasteiger charge is -2.30. The summed E-state index contributed by atoms with van der Waals surface area (Å²) in [5, 5.41) is 3.30. The third kappa shape index (κ3) is 3.40. The molecule has 74 valence electrons. The molecule has 1 aliphatic rings. The van der Waals surface area contributed by atoms with Crippen LogP contribution in [0.1, 0.15) is 39.0 Å². The molecule has 0 radical (unpaired) electrons. The van der Waals surface area contributed by atoms with Gasteiger partial charge in [0.15, 0.2) is 0 Å². The highest BCUT2D eigenvalue weighted by atomic mass is 14.8. The van der Waals surface area contributed by atoms with E-state index in [0.717, 1.165) is 18.3 Å². The summed E-state index contributed by atoms with van der Waals surface area (Å²) in [6.45, 7) is 3.12. The Hall–Kier alpha value is -0.480. The average molecular weight is 179 g/mol. The van der Waals surface area contributed by atoms with Crippen LogP contribution in [0.5, 0.6) is 0 Å². The van der Waals surface area contributed by atoms with E-state index in [0.29, 0.717) is 0 Å². The highest BCUT2D eigenvalue weighted by Crippen LogP contribution is 2.31. The molecule has 1 heteroatoms. The Kier molecular flexibility index (Phi) is 4.93. The molecule has 0 aromatic rings. The van der Waals surface area contributed by atoms with E-state index in [-0.39, 0.29) is 0 Å². The largest absolute Gasteiger partial charge is 0.319 e. The first-order chi connectivity index (χ1) is 6.38. The zero-order chi connectivity index (χ0) is 9.52. The van der Waals surface area contributed by atoms with Crippen LogP contribution in [0.4, 0.5) is 0 Å². The van der Waals surface area contributed by atoms with Crippen molar-refractivity contribution >= 4 is 0 Å². The molecule has 0 amide bonds. The Labute approximate surface area is 82.3 Å². The van der Waals surface area contributed by atoms with Crippen molar-refractivity contribution in [3.8, 4) is 11.8 Å². The van der Waals surface area contributed by atoms with Gasteiger partial charge in [-0.2, -0.15) is 0 Å². The van der Waals surface area contributed by atoms with Crippen LogP contribution in [0.25, 0.3) is 0 Å². The third-order valence-corrected chi connectivity index (χ3v) is 3.07. The van der Waals surface area contributed by atoms with E-state index in [2.05, 4.69) is 24.2 Å². The van der Waals surface area contributed by atoms with Gasteiger partial charge < -0.3 is 5.32 Å². The summed E-state index contributed by atoms with van der Waals surface area (Å²) in [5.74, 6) is 7.97. The minimum Gasteiger partial charge on any atom is -0.319 e. The van der Waals surface area contributed by atoms with E-state index >= 15 is 0 Å². The fourth-order valence-corrected chi connectivity index (χ4v) is 2.32. The monoisotopic (exact) mass is 179 g/mol. The molecular weight excluding hydrogens is 158 g/mol. The Bertz CT molecular complexity index is 185. The topological polar surface area (TPSA) is 12.0 Å². The van der Waals surface area contributed by atoms with E-state index < -0.39 is 0 Å². The van der Waals surface area contributed by atoms with E-state index in [1.54, 1.807) is 0 Å². The summed E-state index contributed by atoms with van der Waals surface area (Å²) in [4.78, 5) is 0. The quantitative estimate of drug-likeness (QED) is 0.656. The van der Waals surface area contributed by atoms with Crippen molar-refractivity contribution in [3.05, 3.63) is 0 Å². The molecule has 0 saturated heterocycles. The van der Waals surface area contributed by atoms with Crippen molar-refractivity contribution in [2.24, 2.45) is 11.8 Å². The molecule has 1 aliphatic carbocycles. The van der Waals surface area contributed by atoms with Gasteiger partial charge in [0.25, 0.3) is 0 Å². The Balaban J connectivity index is 2.39. The van der Waals surface area contributed by atoms with E-state index in [4.69, 9.17) is 0 Å². The molecule has 0 spiro atoms. The number of hydrogen-bond acceptors (Lipinski definition) is 1. The maximum absolute atomic E-state index is 3.30. The standard InChI is InChI=1S/C12H21N/c1-3-4-7-11-8-5-6-9-12(11)10-13-2/h11-13H,5-10H2,1-2H3. The van der Waals surface area contributed by atoms with Gasteiger partial charge in [-0.3, -0.25) is 0 Å². The zero-order valence-corrected chi connectivity index (χ0v) is 8.90. The van der Waals surface area contributed by atoms with Crippen LogP contribution in [0, 0.1) is 23.7 Å². The molecule has 0 bridgehead atoms. The summed E-state index contributed by atoms with van der Waals surface area (Å²) in [5.41, 5.74) is 0. The van der Waals surface area contributed by atoms with Crippen molar-refractivity contribution in [2.75, 3.05) is 13.6 Å². The Morgan fingerprint density at radius 2 is 1.92 bits per heavy atom. The molecule has 0 aromatic heterocycles. The molecular formula is C12H21N. The molecule has 2 atom stereocenters. The van der Waals surface area contributed by atoms with Crippen LogP contribution in [-0.2, 0) is 0 Å². The molecule has 13 heavy (non-hydrogen) atoms.